The van der Waals surface area contributed by atoms with Gasteiger partial charge in [-0.05, 0) is 54.3 Å². The van der Waals surface area contributed by atoms with Crippen LogP contribution in [0.2, 0.25) is 0 Å². The zero-order valence-electron chi connectivity index (χ0n) is 14.1. The summed E-state index contributed by atoms with van der Waals surface area (Å²) in [4.78, 5) is 0. The molecule has 0 aromatic carbocycles. The minimum Gasteiger partial charge on any atom is -0.0596 e. The van der Waals surface area contributed by atoms with E-state index < -0.39 is 0 Å². The van der Waals surface area contributed by atoms with Crippen molar-refractivity contribution in [3.8, 4) is 0 Å². The van der Waals surface area contributed by atoms with Crippen LogP contribution in [-0.2, 0) is 0 Å². The Labute approximate surface area is 121 Å². The van der Waals surface area contributed by atoms with Crippen LogP contribution in [0.4, 0.5) is 0 Å². The van der Waals surface area contributed by atoms with Crippen LogP contribution in [0.1, 0.15) is 98.8 Å². The highest BCUT2D eigenvalue weighted by molar-refractivity contribution is 4.95. The topological polar surface area (TPSA) is 0 Å². The first-order chi connectivity index (χ1) is 8.77. The normalized spacial score (nSPS) is 31.1. The second-order valence-corrected chi connectivity index (χ2v) is 9.14. The third-order valence-corrected chi connectivity index (χ3v) is 7.08. The van der Waals surface area contributed by atoms with Gasteiger partial charge in [-0.25, -0.2) is 0 Å². The van der Waals surface area contributed by atoms with Crippen molar-refractivity contribution in [2.45, 2.75) is 98.8 Å². The van der Waals surface area contributed by atoms with Crippen molar-refractivity contribution in [1.29, 1.82) is 0 Å². The van der Waals surface area contributed by atoms with Crippen LogP contribution < -0.4 is 0 Å². The standard InChI is InChI=1S/C19H36/c1-17(2)12-10-7-11-16(17)15-18(3,4)19(5)13-8-6-9-14-19/h16H,6-15H2,1-5H3. The highest BCUT2D eigenvalue weighted by atomic mass is 14.5. The van der Waals surface area contributed by atoms with Gasteiger partial charge in [0.25, 0.3) is 0 Å². The Morgan fingerprint density at radius 3 is 2.00 bits per heavy atom. The van der Waals surface area contributed by atoms with Crippen LogP contribution >= 0.6 is 0 Å². The van der Waals surface area contributed by atoms with Gasteiger partial charge in [0.05, 0.1) is 0 Å². The fourth-order valence-electron chi connectivity index (χ4n) is 4.82. The first-order valence-corrected chi connectivity index (χ1v) is 8.77. The second kappa shape index (κ2) is 5.41. The third-order valence-electron chi connectivity index (χ3n) is 7.08. The van der Waals surface area contributed by atoms with E-state index in [0.717, 1.165) is 5.92 Å². The van der Waals surface area contributed by atoms with Crippen LogP contribution in [-0.4, -0.2) is 0 Å². The molecule has 0 bridgehead atoms. The zero-order valence-corrected chi connectivity index (χ0v) is 14.1. The molecule has 0 N–H and O–H groups in total. The summed E-state index contributed by atoms with van der Waals surface area (Å²) in [6.07, 6.45) is 14.7. The molecule has 2 fully saturated rings. The van der Waals surface area contributed by atoms with E-state index in [1.54, 1.807) is 0 Å². The predicted octanol–water partition coefficient (Wildman–Crippen LogP) is 6.59. The molecule has 2 rings (SSSR count). The van der Waals surface area contributed by atoms with Gasteiger partial charge in [-0.15, -0.1) is 0 Å². The predicted molar refractivity (Wildman–Crippen MR) is 85.3 cm³/mol. The van der Waals surface area contributed by atoms with Crippen molar-refractivity contribution >= 4 is 0 Å². The van der Waals surface area contributed by atoms with Gasteiger partial charge in [-0.2, -0.15) is 0 Å². The summed E-state index contributed by atoms with van der Waals surface area (Å²) in [7, 11) is 0. The van der Waals surface area contributed by atoms with E-state index in [1.165, 1.54) is 64.2 Å². The lowest BCUT2D eigenvalue weighted by Gasteiger charge is -2.51. The van der Waals surface area contributed by atoms with Gasteiger partial charge >= 0.3 is 0 Å². The highest BCUT2D eigenvalue weighted by Crippen LogP contribution is 2.55. The molecule has 0 saturated heterocycles. The molecule has 0 aromatic rings. The van der Waals surface area contributed by atoms with E-state index in [9.17, 15) is 0 Å². The molecule has 1 atom stereocenters. The summed E-state index contributed by atoms with van der Waals surface area (Å²) >= 11 is 0. The summed E-state index contributed by atoms with van der Waals surface area (Å²) in [5, 5.41) is 0. The van der Waals surface area contributed by atoms with Crippen molar-refractivity contribution in [2.75, 3.05) is 0 Å². The van der Waals surface area contributed by atoms with Crippen LogP contribution in [0.15, 0.2) is 0 Å². The van der Waals surface area contributed by atoms with Gasteiger partial charge in [0, 0.05) is 0 Å². The molecule has 1 unspecified atom stereocenters. The third kappa shape index (κ3) is 3.19. The lowest BCUT2D eigenvalue weighted by Crippen LogP contribution is -2.41. The van der Waals surface area contributed by atoms with E-state index in [0.29, 0.717) is 16.2 Å². The first kappa shape index (κ1) is 15.4. The maximum absolute atomic E-state index is 2.59. The Kier molecular flexibility index (Phi) is 4.38. The summed E-state index contributed by atoms with van der Waals surface area (Å²) in [5.41, 5.74) is 1.70. The second-order valence-electron chi connectivity index (χ2n) is 9.14. The lowest BCUT2D eigenvalue weighted by molar-refractivity contribution is -0.00947. The average molecular weight is 264 g/mol. The minimum absolute atomic E-state index is 0.521. The average Bonchev–Trinajstić information content (AvgIpc) is 2.32. The van der Waals surface area contributed by atoms with Crippen molar-refractivity contribution in [2.24, 2.45) is 22.2 Å². The van der Waals surface area contributed by atoms with Crippen molar-refractivity contribution in [3.63, 3.8) is 0 Å². The van der Waals surface area contributed by atoms with Crippen LogP contribution in [0.3, 0.4) is 0 Å². The maximum Gasteiger partial charge on any atom is -0.0274 e. The summed E-state index contributed by atoms with van der Waals surface area (Å²) in [5.74, 6) is 0.954. The Hall–Kier alpha value is 0. The molecule has 0 heteroatoms. The van der Waals surface area contributed by atoms with Crippen molar-refractivity contribution < 1.29 is 0 Å². The first-order valence-electron chi connectivity index (χ1n) is 8.77. The number of hydrogen-bond donors (Lipinski definition) is 0. The molecule has 0 radical (unpaired) electrons. The number of hydrogen-bond acceptors (Lipinski definition) is 0. The van der Waals surface area contributed by atoms with E-state index in [1.807, 2.05) is 0 Å². The molecule has 2 aliphatic carbocycles. The van der Waals surface area contributed by atoms with Gasteiger partial charge in [-0.3, -0.25) is 0 Å². The summed E-state index contributed by atoms with van der Waals surface area (Å²) in [6.45, 7) is 12.8. The molecular formula is C19H36. The zero-order chi connectivity index (χ0) is 14.1. The molecule has 0 nitrogen and oxygen atoms in total. The molecule has 19 heavy (non-hydrogen) atoms. The fraction of sp³-hybridized carbons (Fsp3) is 1.00. The smallest absolute Gasteiger partial charge is 0.0274 e. The van der Waals surface area contributed by atoms with Gasteiger partial charge in [0.1, 0.15) is 0 Å². The monoisotopic (exact) mass is 264 g/mol. The fourth-order valence-corrected chi connectivity index (χ4v) is 4.82. The van der Waals surface area contributed by atoms with Crippen LogP contribution in [0.5, 0.6) is 0 Å². The molecule has 0 aliphatic heterocycles. The van der Waals surface area contributed by atoms with E-state index >= 15 is 0 Å². The van der Waals surface area contributed by atoms with Crippen LogP contribution in [0.25, 0.3) is 0 Å². The molecule has 0 heterocycles. The summed E-state index contributed by atoms with van der Waals surface area (Å²) < 4.78 is 0. The quantitative estimate of drug-likeness (QED) is 0.539. The largest absolute Gasteiger partial charge is 0.0596 e. The lowest BCUT2D eigenvalue weighted by atomic mass is 9.54. The SMILES string of the molecule is CC1(C)CCCCC1CC(C)(C)C1(C)CCCCC1. The molecule has 2 aliphatic rings. The molecule has 112 valence electrons. The Balaban J connectivity index is 2.07. The molecule has 0 aromatic heterocycles. The van der Waals surface area contributed by atoms with Crippen molar-refractivity contribution in [1.82, 2.24) is 0 Å². The van der Waals surface area contributed by atoms with E-state index in [4.69, 9.17) is 0 Å². The van der Waals surface area contributed by atoms with Gasteiger partial charge in [-0.1, -0.05) is 66.7 Å². The van der Waals surface area contributed by atoms with E-state index in [-0.39, 0.29) is 0 Å². The Bertz CT molecular complexity index is 291. The van der Waals surface area contributed by atoms with Gasteiger partial charge in [0.2, 0.25) is 0 Å². The summed E-state index contributed by atoms with van der Waals surface area (Å²) in [6, 6.07) is 0. The Morgan fingerprint density at radius 1 is 0.842 bits per heavy atom. The highest BCUT2D eigenvalue weighted by Gasteiger charge is 2.45. The van der Waals surface area contributed by atoms with Crippen molar-refractivity contribution in [3.05, 3.63) is 0 Å². The molecule has 2 saturated carbocycles. The van der Waals surface area contributed by atoms with Crippen LogP contribution in [0, 0.1) is 22.2 Å². The minimum atomic E-state index is 0.521. The molecular weight excluding hydrogens is 228 g/mol. The molecule has 0 spiro atoms. The number of rotatable bonds is 3. The Morgan fingerprint density at radius 2 is 1.42 bits per heavy atom. The van der Waals surface area contributed by atoms with Gasteiger partial charge < -0.3 is 0 Å². The molecule has 0 amide bonds. The van der Waals surface area contributed by atoms with Gasteiger partial charge in [0.15, 0.2) is 0 Å². The maximum atomic E-state index is 2.59. The van der Waals surface area contributed by atoms with E-state index in [2.05, 4.69) is 34.6 Å².